The quantitative estimate of drug-likeness (QED) is 0.844. The van der Waals surface area contributed by atoms with Crippen molar-refractivity contribution in [3.8, 4) is 0 Å². The van der Waals surface area contributed by atoms with Crippen molar-refractivity contribution in [2.24, 2.45) is 0 Å². The fourth-order valence-corrected chi connectivity index (χ4v) is 2.82. The van der Waals surface area contributed by atoms with Crippen molar-refractivity contribution in [2.75, 3.05) is 0 Å². The SMILES string of the molecule is C/C(=C/c1ccc(Cl)cc1)C(=O)NS(=O)(=O)Cc1ccon1. The largest absolute Gasteiger partial charge is 0.364 e. The van der Waals surface area contributed by atoms with E-state index < -0.39 is 21.7 Å². The Hall–Kier alpha value is -2.12. The van der Waals surface area contributed by atoms with Crippen LogP contribution in [-0.4, -0.2) is 19.5 Å². The monoisotopic (exact) mass is 340 g/mol. The maximum atomic E-state index is 11.9. The summed E-state index contributed by atoms with van der Waals surface area (Å²) in [5.74, 6) is -1.12. The summed E-state index contributed by atoms with van der Waals surface area (Å²) in [6.45, 7) is 1.52. The molecule has 0 saturated carbocycles. The normalized spacial score (nSPS) is 12.2. The molecule has 2 rings (SSSR count). The highest BCUT2D eigenvalue weighted by molar-refractivity contribution is 7.89. The molecule has 1 N–H and O–H groups in total. The number of hydrogen-bond donors (Lipinski definition) is 1. The molecule has 6 nitrogen and oxygen atoms in total. The molecule has 0 spiro atoms. The summed E-state index contributed by atoms with van der Waals surface area (Å²) < 4.78 is 30.2. The van der Waals surface area contributed by atoms with Gasteiger partial charge in [0.1, 0.15) is 17.7 Å². The smallest absolute Gasteiger partial charge is 0.260 e. The number of aromatic nitrogens is 1. The number of benzene rings is 1. The fourth-order valence-electron chi connectivity index (χ4n) is 1.64. The second-order valence-electron chi connectivity index (χ2n) is 4.56. The van der Waals surface area contributed by atoms with Gasteiger partial charge in [0, 0.05) is 16.7 Å². The first-order chi connectivity index (χ1) is 10.4. The molecule has 0 fully saturated rings. The van der Waals surface area contributed by atoms with Crippen molar-refractivity contribution >= 4 is 33.6 Å². The molecule has 0 aliphatic rings. The van der Waals surface area contributed by atoms with E-state index in [0.717, 1.165) is 5.56 Å². The van der Waals surface area contributed by atoms with Gasteiger partial charge in [-0.3, -0.25) is 4.79 Å². The van der Waals surface area contributed by atoms with Crippen LogP contribution in [0.1, 0.15) is 18.2 Å². The number of carbonyl (C=O) groups is 1. The average molecular weight is 341 g/mol. The second kappa shape index (κ2) is 6.76. The summed E-state index contributed by atoms with van der Waals surface area (Å²) in [4.78, 5) is 11.9. The van der Waals surface area contributed by atoms with E-state index in [1.54, 1.807) is 30.3 Å². The predicted octanol–water partition coefficient (Wildman–Crippen LogP) is 2.38. The van der Waals surface area contributed by atoms with Gasteiger partial charge in [-0.2, -0.15) is 0 Å². The van der Waals surface area contributed by atoms with Crippen molar-refractivity contribution in [1.29, 1.82) is 0 Å². The first-order valence-corrected chi connectivity index (χ1v) is 8.27. The van der Waals surface area contributed by atoms with Gasteiger partial charge < -0.3 is 4.52 Å². The molecule has 1 heterocycles. The van der Waals surface area contributed by atoms with Crippen molar-refractivity contribution in [3.63, 3.8) is 0 Å². The molecule has 0 saturated heterocycles. The Balaban J connectivity index is 2.06. The van der Waals surface area contributed by atoms with Crippen LogP contribution < -0.4 is 4.72 Å². The zero-order valence-electron chi connectivity index (χ0n) is 11.6. The summed E-state index contributed by atoms with van der Waals surface area (Å²) in [5.41, 5.74) is 1.22. The number of sulfonamides is 1. The van der Waals surface area contributed by atoms with E-state index in [0.29, 0.717) is 5.02 Å². The standard InChI is InChI=1S/C14H13ClN2O4S/c1-10(8-11-2-4-12(15)5-3-11)14(18)17-22(19,20)9-13-6-7-21-16-13/h2-8H,9H2,1H3,(H,17,18)/b10-8-. The molecule has 0 radical (unpaired) electrons. The molecule has 22 heavy (non-hydrogen) atoms. The summed E-state index contributed by atoms with van der Waals surface area (Å²) in [6.07, 6.45) is 2.83. The zero-order chi connectivity index (χ0) is 16.2. The summed E-state index contributed by atoms with van der Waals surface area (Å²) in [5, 5.41) is 4.08. The van der Waals surface area contributed by atoms with Crippen LogP contribution in [0.25, 0.3) is 6.08 Å². The highest BCUT2D eigenvalue weighted by Gasteiger charge is 2.18. The predicted molar refractivity (Wildman–Crippen MR) is 82.4 cm³/mol. The number of amides is 1. The van der Waals surface area contributed by atoms with E-state index in [1.807, 2.05) is 4.72 Å². The lowest BCUT2D eigenvalue weighted by Crippen LogP contribution is -2.32. The van der Waals surface area contributed by atoms with Gasteiger partial charge in [0.05, 0.1) is 0 Å². The molecule has 0 bridgehead atoms. The van der Waals surface area contributed by atoms with Crippen LogP contribution in [0, 0.1) is 0 Å². The minimum absolute atomic E-state index is 0.222. The summed E-state index contributed by atoms with van der Waals surface area (Å²) in [7, 11) is -3.83. The molecule has 0 aliphatic carbocycles. The van der Waals surface area contributed by atoms with Crippen molar-refractivity contribution in [1.82, 2.24) is 9.88 Å². The molecule has 0 aliphatic heterocycles. The first-order valence-electron chi connectivity index (χ1n) is 6.24. The number of rotatable bonds is 5. The van der Waals surface area contributed by atoms with E-state index >= 15 is 0 Å². The second-order valence-corrected chi connectivity index (χ2v) is 6.72. The minimum atomic E-state index is -3.83. The van der Waals surface area contributed by atoms with Crippen LogP contribution in [0.5, 0.6) is 0 Å². The maximum absolute atomic E-state index is 11.9. The van der Waals surface area contributed by atoms with Crippen LogP contribution in [0.2, 0.25) is 5.02 Å². The van der Waals surface area contributed by atoms with Crippen LogP contribution in [-0.2, 0) is 20.6 Å². The molecule has 1 amide bonds. The van der Waals surface area contributed by atoms with Crippen molar-refractivity contribution in [2.45, 2.75) is 12.7 Å². The van der Waals surface area contributed by atoms with E-state index in [-0.39, 0.29) is 11.3 Å². The summed E-state index contributed by atoms with van der Waals surface area (Å²) >= 11 is 5.77. The number of nitrogens with zero attached hydrogens (tertiary/aromatic N) is 1. The Bertz CT molecular complexity index is 781. The Kier molecular flexibility index (Phi) is 4.99. The Morgan fingerprint density at radius 2 is 2.00 bits per heavy atom. The van der Waals surface area contributed by atoms with Crippen LogP contribution in [0.3, 0.4) is 0 Å². The third-order valence-electron chi connectivity index (χ3n) is 2.69. The Morgan fingerprint density at radius 3 is 2.59 bits per heavy atom. The molecule has 0 atom stereocenters. The van der Waals surface area contributed by atoms with Gasteiger partial charge in [0.2, 0.25) is 10.0 Å². The third-order valence-corrected chi connectivity index (χ3v) is 4.11. The molecule has 2 aromatic rings. The maximum Gasteiger partial charge on any atom is 0.260 e. The van der Waals surface area contributed by atoms with Gasteiger partial charge in [0.25, 0.3) is 5.91 Å². The van der Waals surface area contributed by atoms with Crippen LogP contribution in [0.4, 0.5) is 0 Å². The lowest BCUT2D eigenvalue weighted by molar-refractivity contribution is -0.115. The summed E-state index contributed by atoms with van der Waals surface area (Å²) in [6, 6.07) is 8.23. The lowest BCUT2D eigenvalue weighted by Gasteiger charge is -2.05. The van der Waals surface area contributed by atoms with Gasteiger partial charge in [-0.05, 0) is 30.7 Å². The average Bonchev–Trinajstić information content (AvgIpc) is 2.92. The molecule has 8 heteroatoms. The minimum Gasteiger partial charge on any atom is -0.364 e. The molecule has 1 aromatic carbocycles. The Labute approximate surface area is 132 Å². The van der Waals surface area contributed by atoms with Gasteiger partial charge in [-0.15, -0.1) is 0 Å². The third kappa shape index (κ3) is 4.71. The molecular formula is C14H13ClN2O4S. The van der Waals surface area contributed by atoms with E-state index in [2.05, 4.69) is 9.68 Å². The highest BCUT2D eigenvalue weighted by Crippen LogP contribution is 2.13. The highest BCUT2D eigenvalue weighted by atomic mass is 35.5. The van der Waals surface area contributed by atoms with E-state index in [4.69, 9.17) is 11.6 Å². The number of nitrogens with one attached hydrogen (secondary N) is 1. The number of hydrogen-bond acceptors (Lipinski definition) is 5. The van der Waals surface area contributed by atoms with Crippen molar-refractivity contribution in [3.05, 3.63) is 58.4 Å². The van der Waals surface area contributed by atoms with Gasteiger partial charge in [-0.25, -0.2) is 13.1 Å². The van der Waals surface area contributed by atoms with Gasteiger partial charge in [0.15, 0.2) is 0 Å². The lowest BCUT2D eigenvalue weighted by atomic mass is 10.1. The van der Waals surface area contributed by atoms with Crippen LogP contribution >= 0.6 is 11.6 Å². The Morgan fingerprint density at radius 1 is 1.32 bits per heavy atom. The molecule has 1 aromatic heterocycles. The number of halogens is 1. The fraction of sp³-hybridized carbons (Fsp3) is 0.143. The van der Waals surface area contributed by atoms with Gasteiger partial charge in [-0.1, -0.05) is 28.9 Å². The zero-order valence-corrected chi connectivity index (χ0v) is 13.2. The first kappa shape index (κ1) is 16.3. The molecular weight excluding hydrogens is 328 g/mol. The van der Waals surface area contributed by atoms with E-state index in [1.165, 1.54) is 19.3 Å². The van der Waals surface area contributed by atoms with Crippen LogP contribution in [0.15, 0.2) is 46.7 Å². The number of carbonyl (C=O) groups excluding carboxylic acids is 1. The van der Waals surface area contributed by atoms with E-state index in [9.17, 15) is 13.2 Å². The molecule has 0 unspecified atom stereocenters. The molecule has 116 valence electrons. The van der Waals surface area contributed by atoms with Crippen molar-refractivity contribution < 1.29 is 17.7 Å². The van der Waals surface area contributed by atoms with Gasteiger partial charge >= 0.3 is 0 Å². The topological polar surface area (TPSA) is 89.3 Å².